The Morgan fingerprint density at radius 1 is 0.812 bits per heavy atom. The number of esters is 1. The number of aliphatic imine (C=N–C) groups is 1. The summed E-state index contributed by atoms with van der Waals surface area (Å²) in [6, 6.07) is 0.453. The van der Waals surface area contributed by atoms with E-state index in [1.54, 1.807) is 0 Å². The predicted octanol–water partition coefficient (Wildman–Crippen LogP) is 8.34. The van der Waals surface area contributed by atoms with Gasteiger partial charge in [-0.1, -0.05) is 123 Å². The van der Waals surface area contributed by atoms with Crippen LogP contribution >= 0.6 is 0 Å². The minimum absolute atomic E-state index is 0.129. The summed E-state index contributed by atoms with van der Waals surface area (Å²) in [4.78, 5) is 16.7. The first kappa shape index (κ1) is 29.0. The lowest BCUT2D eigenvalue weighted by molar-refractivity contribution is -0.135. The minimum Gasteiger partial charge on any atom is -0.393 e. The van der Waals surface area contributed by atoms with E-state index in [1.165, 1.54) is 103 Å². The van der Waals surface area contributed by atoms with Crippen molar-refractivity contribution in [2.45, 2.75) is 149 Å². The van der Waals surface area contributed by atoms with Gasteiger partial charge in [0, 0.05) is 19.5 Å². The Morgan fingerprint density at radius 3 is 1.94 bits per heavy atom. The van der Waals surface area contributed by atoms with Gasteiger partial charge in [0.2, 0.25) is 0 Å². The first-order chi connectivity index (χ1) is 15.7. The molecule has 1 aliphatic rings. The summed E-state index contributed by atoms with van der Waals surface area (Å²) in [6.45, 7) is 6.23. The van der Waals surface area contributed by atoms with Crippen LogP contribution in [0.3, 0.4) is 0 Å². The maximum Gasteiger partial charge on any atom is 0.313 e. The van der Waals surface area contributed by atoms with Crippen LogP contribution in [0.2, 0.25) is 0 Å². The summed E-state index contributed by atoms with van der Waals surface area (Å²) < 4.78 is 5.53. The molecule has 4 nitrogen and oxygen atoms in total. The van der Waals surface area contributed by atoms with Crippen molar-refractivity contribution in [2.24, 2.45) is 10.9 Å². The molecule has 4 heteroatoms. The zero-order chi connectivity index (χ0) is 23.1. The molecule has 0 aliphatic carbocycles. The van der Waals surface area contributed by atoms with Crippen LogP contribution in [0.1, 0.15) is 149 Å². The molecule has 0 spiro atoms. The fourth-order valence-electron chi connectivity index (χ4n) is 4.49. The number of nitrogens with one attached hydrogen (secondary N) is 1. The highest BCUT2D eigenvalue weighted by molar-refractivity contribution is 5.87. The van der Waals surface area contributed by atoms with Crippen molar-refractivity contribution in [1.82, 2.24) is 5.32 Å². The maximum absolute atomic E-state index is 12.2. The van der Waals surface area contributed by atoms with Crippen LogP contribution in [0.15, 0.2) is 4.99 Å². The van der Waals surface area contributed by atoms with E-state index in [0.29, 0.717) is 12.4 Å². The van der Waals surface area contributed by atoms with Crippen molar-refractivity contribution in [1.29, 1.82) is 0 Å². The second-order valence-corrected chi connectivity index (χ2v) is 10.0. The van der Waals surface area contributed by atoms with E-state index in [4.69, 9.17) is 4.74 Å². The van der Waals surface area contributed by atoms with E-state index in [9.17, 15) is 4.79 Å². The lowest BCUT2D eigenvalue weighted by atomic mass is 9.98. The zero-order valence-corrected chi connectivity index (χ0v) is 21.6. The van der Waals surface area contributed by atoms with Gasteiger partial charge < -0.3 is 10.1 Å². The first-order valence-corrected chi connectivity index (χ1v) is 14.2. The largest absolute Gasteiger partial charge is 0.393 e. The second kappa shape index (κ2) is 21.8. The summed E-state index contributed by atoms with van der Waals surface area (Å²) in [5.41, 5.74) is 0. The number of carbonyl (C=O) groups is 1. The Hall–Kier alpha value is -1.06. The van der Waals surface area contributed by atoms with Crippen molar-refractivity contribution < 1.29 is 9.53 Å². The standard InChI is InChI=1S/C28H54N2O2/c1-3-4-5-6-7-8-9-10-11-12-13-14-15-16-23-27(31)32-28-29-24-19-17-21-26(2)22-18-20-25-30-28/h26H,3-25H2,1-2H3,(H,29,30). The van der Waals surface area contributed by atoms with E-state index < -0.39 is 0 Å². The monoisotopic (exact) mass is 450 g/mol. The first-order valence-electron chi connectivity index (χ1n) is 14.2. The van der Waals surface area contributed by atoms with E-state index in [1.807, 2.05) is 0 Å². The number of unbranched alkanes of at least 4 members (excludes halogenated alkanes) is 13. The molecule has 188 valence electrons. The molecule has 1 unspecified atom stereocenters. The molecular weight excluding hydrogens is 396 g/mol. The fourth-order valence-corrected chi connectivity index (χ4v) is 4.49. The van der Waals surface area contributed by atoms with Crippen LogP contribution in [0.4, 0.5) is 0 Å². The SMILES string of the molecule is CCCCCCCCCCCCCCCCC(=O)OC1=NCCCCC(C)CCCCN1. The van der Waals surface area contributed by atoms with Gasteiger partial charge in [-0.15, -0.1) is 0 Å². The van der Waals surface area contributed by atoms with Crippen LogP contribution in [0.5, 0.6) is 0 Å². The molecule has 0 saturated heterocycles. The van der Waals surface area contributed by atoms with Gasteiger partial charge in [-0.05, 0) is 25.2 Å². The number of hydrogen-bond acceptors (Lipinski definition) is 4. The van der Waals surface area contributed by atoms with E-state index >= 15 is 0 Å². The Kier molecular flexibility index (Phi) is 19.7. The number of amidine groups is 1. The quantitative estimate of drug-likeness (QED) is 0.201. The minimum atomic E-state index is -0.129. The summed E-state index contributed by atoms with van der Waals surface area (Å²) in [5.74, 6) is 0.691. The Labute approximate surface area is 199 Å². The van der Waals surface area contributed by atoms with Gasteiger partial charge in [0.25, 0.3) is 6.02 Å². The third-order valence-corrected chi connectivity index (χ3v) is 6.71. The van der Waals surface area contributed by atoms with Gasteiger partial charge in [-0.2, -0.15) is 0 Å². The fraction of sp³-hybridized carbons (Fsp3) is 0.929. The smallest absolute Gasteiger partial charge is 0.313 e. The van der Waals surface area contributed by atoms with Gasteiger partial charge in [-0.25, -0.2) is 4.99 Å². The normalized spacial score (nSPS) is 18.2. The summed E-state index contributed by atoms with van der Waals surface area (Å²) in [6.07, 6.45) is 26.3. The molecule has 1 rings (SSSR count). The average molecular weight is 451 g/mol. The Balaban J connectivity index is 1.99. The molecule has 1 aliphatic heterocycles. The number of rotatable bonds is 15. The molecule has 0 bridgehead atoms. The van der Waals surface area contributed by atoms with Crippen molar-refractivity contribution in [3.63, 3.8) is 0 Å². The molecule has 0 fully saturated rings. The molecular formula is C28H54N2O2. The zero-order valence-electron chi connectivity index (χ0n) is 21.6. The third-order valence-electron chi connectivity index (χ3n) is 6.71. The Morgan fingerprint density at radius 2 is 1.34 bits per heavy atom. The van der Waals surface area contributed by atoms with E-state index in [0.717, 1.165) is 44.7 Å². The summed E-state index contributed by atoms with van der Waals surface area (Å²) >= 11 is 0. The van der Waals surface area contributed by atoms with Crippen LogP contribution in [-0.2, 0) is 9.53 Å². The Bertz CT molecular complexity index is 464. The van der Waals surface area contributed by atoms with Gasteiger partial charge in [0.1, 0.15) is 0 Å². The van der Waals surface area contributed by atoms with Crippen molar-refractivity contribution in [3.8, 4) is 0 Å². The third kappa shape index (κ3) is 18.5. The van der Waals surface area contributed by atoms with E-state index in [2.05, 4.69) is 24.2 Å². The molecule has 0 aromatic rings. The predicted molar refractivity (Wildman–Crippen MR) is 138 cm³/mol. The van der Waals surface area contributed by atoms with Crippen molar-refractivity contribution >= 4 is 12.0 Å². The molecule has 0 amide bonds. The van der Waals surface area contributed by atoms with E-state index in [-0.39, 0.29) is 5.97 Å². The van der Waals surface area contributed by atoms with Crippen molar-refractivity contribution in [2.75, 3.05) is 13.1 Å². The maximum atomic E-state index is 12.2. The molecule has 0 saturated carbocycles. The summed E-state index contributed by atoms with van der Waals surface area (Å²) in [7, 11) is 0. The molecule has 1 atom stereocenters. The van der Waals surface area contributed by atoms with Gasteiger partial charge in [0.05, 0.1) is 0 Å². The summed E-state index contributed by atoms with van der Waals surface area (Å²) in [5, 5.41) is 3.24. The average Bonchev–Trinajstić information content (AvgIpc) is 2.77. The topological polar surface area (TPSA) is 50.7 Å². The highest BCUT2D eigenvalue weighted by Crippen LogP contribution is 2.16. The van der Waals surface area contributed by atoms with Gasteiger partial charge in [-0.3, -0.25) is 4.79 Å². The molecule has 1 heterocycles. The second-order valence-electron chi connectivity index (χ2n) is 10.0. The molecule has 0 radical (unpaired) electrons. The molecule has 0 aromatic carbocycles. The number of ether oxygens (including phenoxy) is 1. The molecule has 1 N–H and O–H groups in total. The highest BCUT2D eigenvalue weighted by Gasteiger charge is 2.10. The van der Waals surface area contributed by atoms with Gasteiger partial charge in [0.15, 0.2) is 0 Å². The van der Waals surface area contributed by atoms with Crippen LogP contribution in [0.25, 0.3) is 0 Å². The number of hydrogen-bond donors (Lipinski definition) is 1. The van der Waals surface area contributed by atoms with Gasteiger partial charge >= 0.3 is 5.97 Å². The molecule has 0 aromatic heterocycles. The van der Waals surface area contributed by atoms with Crippen molar-refractivity contribution in [3.05, 3.63) is 0 Å². The van der Waals surface area contributed by atoms with Crippen LogP contribution in [0, 0.1) is 5.92 Å². The van der Waals surface area contributed by atoms with Crippen LogP contribution < -0.4 is 5.32 Å². The number of nitrogens with zero attached hydrogens (tertiary/aromatic N) is 1. The lowest BCUT2D eigenvalue weighted by Gasteiger charge is -2.14. The lowest BCUT2D eigenvalue weighted by Crippen LogP contribution is -2.30. The number of carbonyl (C=O) groups excluding carboxylic acids is 1. The molecule has 32 heavy (non-hydrogen) atoms. The highest BCUT2D eigenvalue weighted by atomic mass is 16.6. The van der Waals surface area contributed by atoms with Crippen LogP contribution in [-0.4, -0.2) is 25.1 Å².